The summed E-state index contributed by atoms with van der Waals surface area (Å²) >= 11 is 0. The minimum absolute atomic E-state index is 0.0308. The minimum Gasteiger partial charge on any atom is -0.456 e. The predicted octanol–water partition coefficient (Wildman–Crippen LogP) is 13.0. The van der Waals surface area contributed by atoms with Crippen LogP contribution in [0, 0.1) is 6.92 Å². The van der Waals surface area contributed by atoms with Crippen LogP contribution in [0.4, 0.5) is 17.1 Å². The molecule has 0 atom stereocenters. The summed E-state index contributed by atoms with van der Waals surface area (Å²) in [5, 5.41) is 2.27. The van der Waals surface area contributed by atoms with Crippen LogP contribution < -0.4 is 4.90 Å². The first-order valence-electron chi connectivity index (χ1n) is 16.7. The lowest BCUT2D eigenvalue weighted by atomic mass is 9.82. The molecule has 9 rings (SSSR count). The van der Waals surface area contributed by atoms with Crippen molar-refractivity contribution in [1.29, 1.82) is 0 Å². The standard InChI is InChI=1S/C46H35NO/c1-30-22-26-32(27-23-30)47(41-19-8-5-12-35(41)36-16-11-21-43-45(36)38-14-6-9-20-42(38)48-43)33-28-24-31(25-29-33)34-15-10-18-40-44(34)37-13-4-7-17-39(37)46(40,2)3/h4-29H,1-3H3. The fourth-order valence-corrected chi connectivity index (χ4v) is 7.80. The molecule has 230 valence electrons. The average Bonchev–Trinajstić information content (AvgIpc) is 3.62. The van der Waals surface area contributed by atoms with Crippen LogP contribution in [-0.4, -0.2) is 0 Å². The van der Waals surface area contributed by atoms with Gasteiger partial charge in [0.05, 0.1) is 5.69 Å². The number of fused-ring (bicyclic) bond motifs is 6. The topological polar surface area (TPSA) is 16.4 Å². The van der Waals surface area contributed by atoms with Crippen LogP contribution in [0.1, 0.15) is 30.5 Å². The van der Waals surface area contributed by atoms with E-state index >= 15 is 0 Å². The van der Waals surface area contributed by atoms with E-state index in [1.54, 1.807) is 0 Å². The van der Waals surface area contributed by atoms with E-state index in [1.165, 1.54) is 38.9 Å². The van der Waals surface area contributed by atoms with Gasteiger partial charge in [0, 0.05) is 33.1 Å². The summed E-state index contributed by atoms with van der Waals surface area (Å²) in [5.41, 5.74) is 16.6. The molecular formula is C46H35NO. The number of para-hydroxylation sites is 2. The Bertz CT molecular complexity index is 2480. The molecule has 2 nitrogen and oxygen atoms in total. The Hall–Kier alpha value is -5.86. The number of hydrogen-bond acceptors (Lipinski definition) is 2. The van der Waals surface area contributed by atoms with Gasteiger partial charge in [0.1, 0.15) is 11.2 Å². The van der Waals surface area contributed by atoms with Gasteiger partial charge in [-0.3, -0.25) is 0 Å². The lowest BCUT2D eigenvalue weighted by molar-refractivity contribution is 0.660. The van der Waals surface area contributed by atoms with Gasteiger partial charge in [0.2, 0.25) is 0 Å². The second-order valence-electron chi connectivity index (χ2n) is 13.4. The van der Waals surface area contributed by atoms with Crippen LogP contribution >= 0.6 is 0 Å². The van der Waals surface area contributed by atoms with E-state index in [1.807, 2.05) is 12.1 Å². The van der Waals surface area contributed by atoms with Crippen molar-refractivity contribution in [1.82, 2.24) is 0 Å². The lowest BCUT2D eigenvalue weighted by Gasteiger charge is -2.28. The van der Waals surface area contributed by atoms with E-state index in [0.717, 1.165) is 50.1 Å². The van der Waals surface area contributed by atoms with Gasteiger partial charge < -0.3 is 9.32 Å². The summed E-state index contributed by atoms with van der Waals surface area (Å²) in [5.74, 6) is 0. The third kappa shape index (κ3) is 4.33. The number of anilines is 3. The van der Waals surface area contributed by atoms with Gasteiger partial charge in [-0.2, -0.15) is 0 Å². The summed E-state index contributed by atoms with van der Waals surface area (Å²) in [7, 11) is 0. The monoisotopic (exact) mass is 617 g/mol. The van der Waals surface area contributed by atoms with Crippen LogP contribution in [0.15, 0.2) is 162 Å². The van der Waals surface area contributed by atoms with E-state index in [9.17, 15) is 0 Å². The molecule has 2 heteroatoms. The first-order chi connectivity index (χ1) is 23.5. The van der Waals surface area contributed by atoms with E-state index in [0.29, 0.717) is 0 Å². The zero-order valence-corrected chi connectivity index (χ0v) is 27.4. The largest absolute Gasteiger partial charge is 0.456 e. The highest BCUT2D eigenvalue weighted by atomic mass is 16.3. The summed E-state index contributed by atoms with van der Waals surface area (Å²) in [4.78, 5) is 2.38. The molecule has 7 aromatic carbocycles. The Morgan fingerprint density at radius 1 is 0.479 bits per heavy atom. The number of benzene rings is 7. The summed E-state index contributed by atoms with van der Waals surface area (Å²) in [6, 6.07) is 57.0. The molecule has 0 spiro atoms. The van der Waals surface area contributed by atoms with Crippen LogP contribution in [-0.2, 0) is 5.41 Å². The summed E-state index contributed by atoms with van der Waals surface area (Å²) in [6.45, 7) is 6.82. The zero-order valence-electron chi connectivity index (χ0n) is 27.4. The van der Waals surface area contributed by atoms with Crippen LogP contribution in [0.2, 0.25) is 0 Å². The van der Waals surface area contributed by atoms with Crippen LogP contribution in [0.5, 0.6) is 0 Å². The van der Waals surface area contributed by atoms with Crippen molar-refractivity contribution in [3.05, 3.63) is 174 Å². The first kappa shape index (κ1) is 28.4. The maximum absolute atomic E-state index is 6.31. The van der Waals surface area contributed by atoms with Gasteiger partial charge in [0.15, 0.2) is 0 Å². The van der Waals surface area contributed by atoms with E-state index in [2.05, 4.69) is 171 Å². The highest BCUT2D eigenvalue weighted by Gasteiger charge is 2.36. The van der Waals surface area contributed by atoms with Gasteiger partial charge in [-0.05, 0) is 88.3 Å². The van der Waals surface area contributed by atoms with Crippen LogP contribution in [0.25, 0.3) is 55.3 Å². The second-order valence-corrected chi connectivity index (χ2v) is 13.4. The first-order valence-corrected chi connectivity index (χ1v) is 16.7. The normalized spacial score (nSPS) is 13.1. The molecule has 1 aliphatic carbocycles. The number of hydrogen-bond donors (Lipinski definition) is 0. The number of nitrogens with zero attached hydrogens (tertiary/aromatic N) is 1. The summed E-state index contributed by atoms with van der Waals surface area (Å²) < 4.78 is 6.31. The molecule has 0 amide bonds. The maximum atomic E-state index is 6.31. The fraction of sp³-hybridized carbons (Fsp3) is 0.0870. The van der Waals surface area contributed by atoms with E-state index < -0.39 is 0 Å². The molecule has 1 heterocycles. The number of rotatable bonds is 5. The molecule has 0 bridgehead atoms. The second kappa shape index (κ2) is 10.9. The van der Waals surface area contributed by atoms with Crippen molar-refractivity contribution in [2.24, 2.45) is 0 Å². The zero-order chi connectivity index (χ0) is 32.4. The molecule has 0 saturated heterocycles. The van der Waals surface area contributed by atoms with Gasteiger partial charge in [-0.15, -0.1) is 0 Å². The molecule has 1 aromatic heterocycles. The van der Waals surface area contributed by atoms with Crippen molar-refractivity contribution in [3.63, 3.8) is 0 Å². The average molecular weight is 618 g/mol. The molecule has 0 aliphatic heterocycles. The number of aryl methyl sites for hydroxylation is 1. The van der Waals surface area contributed by atoms with E-state index in [4.69, 9.17) is 4.42 Å². The Morgan fingerprint density at radius 2 is 1.06 bits per heavy atom. The molecular weight excluding hydrogens is 583 g/mol. The predicted molar refractivity (Wildman–Crippen MR) is 202 cm³/mol. The smallest absolute Gasteiger partial charge is 0.136 e. The van der Waals surface area contributed by atoms with Crippen molar-refractivity contribution in [2.45, 2.75) is 26.2 Å². The van der Waals surface area contributed by atoms with Gasteiger partial charge in [-0.1, -0.05) is 135 Å². The van der Waals surface area contributed by atoms with Gasteiger partial charge in [0.25, 0.3) is 0 Å². The van der Waals surface area contributed by atoms with Crippen molar-refractivity contribution in [3.8, 4) is 33.4 Å². The molecule has 8 aromatic rings. The molecule has 0 fully saturated rings. The van der Waals surface area contributed by atoms with E-state index in [-0.39, 0.29) is 5.41 Å². The highest BCUT2D eigenvalue weighted by molar-refractivity contribution is 6.13. The minimum atomic E-state index is -0.0308. The Kier molecular flexibility index (Phi) is 6.42. The quantitative estimate of drug-likeness (QED) is 0.191. The molecule has 0 saturated carbocycles. The summed E-state index contributed by atoms with van der Waals surface area (Å²) in [6.07, 6.45) is 0. The molecule has 0 radical (unpaired) electrons. The van der Waals surface area contributed by atoms with Crippen molar-refractivity contribution >= 4 is 39.0 Å². The fourth-order valence-electron chi connectivity index (χ4n) is 7.80. The lowest BCUT2D eigenvalue weighted by Crippen LogP contribution is -2.14. The molecule has 48 heavy (non-hydrogen) atoms. The van der Waals surface area contributed by atoms with Gasteiger partial charge in [-0.25, -0.2) is 0 Å². The third-order valence-corrected chi connectivity index (χ3v) is 10.2. The third-order valence-electron chi connectivity index (χ3n) is 10.2. The van der Waals surface area contributed by atoms with Crippen molar-refractivity contribution < 1.29 is 4.42 Å². The van der Waals surface area contributed by atoms with Crippen molar-refractivity contribution in [2.75, 3.05) is 4.90 Å². The Labute approximate surface area is 281 Å². The Morgan fingerprint density at radius 3 is 1.88 bits per heavy atom. The SMILES string of the molecule is Cc1ccc(N(c2ccc(-c3cccc4c3-c3ccccc3C4(C)C)cc2)c2ccccc2-c2cccc3oc4ccccc4c23)cc1. The molecule has 0 unspecified atom stereocenters. The van der Waals surface area contributed by atoms with Crippen LogP contribution in [0.3, 0.4) is 0 Å². The maximum Gasteiger partial charge on any atom is 0.136 e. The molecule has 1 aliphatic rings. The Balaban J connectivity index is 1.21. The van der Waals surface area contributed by atoms with Gasteiger partial charge >= 0.3 is 0 Å². The number of furan rings is 1. The highest BCUT2D eigenvalue weighted by Crippen LogP contribution is 2.52. The molecule has 0 N–H and O–H groups in total.